The second-order valence-corrected chi connectivity index (χ2v) is 6.77. The van der Waals surface area contributed by atoms with Crippen molar-refractivity contribution in [3.8, 4) is 17.2 Å². The van der Waals surface area contributed by atoms with Gasteiger partial charge in [-0.3, -0.25) is 14.5 Å². The molecule has 2 aliphatic heterocycles. The van der Waals surface area contributed by atoms with E-state index in [-0.39, 0.29) is 25.2 Å². The van der Waals surface area contributed by atoms with Crippen LogP contribution in [0.4, 0.5) is 5.13 Å². The Labute approximate surface area is 153 Å². The zero-order valence-corrected chi connectivity index (χ0v) is 14.9. The van der Waals surface area contributed by atoms with Gasteiger partial charge >= 0.3 is 0 Å². The molecule has 136 valence electrons. The molecular formula is C17H17N3O5S. The maximum absolute atomic E-state index is 12.6. The van der Waals surface area contributed by atoms with Gasteiger partial charge in [0.15, 0.2) is 22.7 Å². The Balaban J connectivity index is 1.37. The molecule has 1 atom stereocenters. The zero-order valence-electron chi connectivity index (χ0n) is 14.1. The van der Waals surface area contributed by atoms with Gasteiger partial charge in [0.25, 0.3) is 5.91 Å². The van der Waals surface area contributed by atoms with E-state index in [4.69, 9.17) is 14.2 Å². The highest BCUT2D eigenvalue weighted by atomic mass is 32.1. The molecule has 26 heavy (non-hydrogen) atoms. The molecule has 0 bridgehead atoms. The first-order valence-corrected chi connectivity index (χ1v) is 9.05. The summed E-state index contributed by atoms with van der Waals surface area (Å²) in [5.41, 5.74) is 0. The lowest BCUT2D eigenvalue weighted by Gasteiger charge is -2.34. The summed E-state index contributed by atoms with van der Waals surface area (Å²) in [6, 6.07) is 5.16. The lowest BCUT2D eigenvalue weighted by Crippen LogP contribution is -2.54. The minimum absolute atomic E-state index is 0.0211. The summed E-state index contributed by atoms with van der Waals surface area (Å²) < 4.78 is 16.3. The smallest absolute Gasteiger partial charge is 0.263 e. The fourth-order valence-electron chi connectivity index (χ4n) is 2.87. The average Bonchev–Trinajstić information content (AvgIpc) is 3.32. The predicted octanol–water partition coefficient (Wildman–Crippen LogP) is 1.51. The Kier molecular flexibility index (Phi) is 4.37. The number of fused-ring (bicyclic) bond motifs is 1. The molecule has 1 saturated heterocycles. The molecule has 8 nitrogen and oxygen atoms in total. The van der Waals surface area contributed by atoms with E-state index < -0.39 is 6.10 Å². The SMILES string of the molecule is CC(Oc1ccc2c(c1)OCO2)C(=O)N1CCN(c2nccs2)C(=O)C1. The molecule has 9 heteroatoms. The lowest BCUT2D eigenvalue weighted by atomic mass is 10.2. The van der Waals surface area contributed by atoms with Gasteiger partial charge in [-0.15, -0.1) is 11.3 Å². The maximum Gasteiger partial charge on any atom is 0.263 e. The second-order valence-electron chi connectivity index (χ2n) is 5.89. The van der Waals surface area contributed by atoms with E-state index >= 15 is 0 Å². The zero-order chi connectivity index (χ0) is 18.1. The summed E-state index contributed by atoms with van der Waals surface area (Å²) in [4.78, 5) is 32.3. The number of nitrogens with zero attached hydrogens (tertiary/aromatic N) is 3. The summed E-state index contributed by atoms with van der Waals surface area (Å²) in [7, 11) is 0. The van der Waals surface area contributed by atoms with E-state index in [0.29, 0.717) is 35.5 Å². The highest BCUT2D eigenvalue weighted by Gasteiger charge is 2.32. The average molecular weight is 375 g/mol. The highest BCUT2D eigenvalue weighted by molar-refractivity contribution is 7.13. The number of benzene rings is 1. The highest BCUT2D eigenvalue weighted by Crippen LogP contribution is 2.35. The number of thiazole rings is 1. The molecule has 3 heterocycles. The van der Waals surface area contributed by atoms with Crippen LogP contribution in [0.5, 0.6) is 17.2 Å². The number of anilines is 1. The van der Waals surface area contributed by atoms with Gasteiger partial charge in [0.05, 0.1) is 0 Å². The van der Waals surface area contributed by atoms with Crippen molar-refractivity contribution in [3.63, 3.8) is 0 Å². The quantitative estimate of drug-likeness (QED) is 0.806. The number of carbonyl (C=O) groups excluding carboxylic acids is 2. The molecule has 0 spiro atoms. The number of amides is 2. The van der Waals surface area contributed by atoms with Crippen molar-refractivity contribution >= 4 is 28.3 Å². The number of aromatic nitrogens is 1. The van der Waals surface area contributed by atoms with Crippen molar-refractivity contribution < 1.29 is 23.8 Å². The summed E-state index contributed by atoms with van der Waals surface area (Å²) >= 11 is 1.40. The van der Waals surface area contributed by atoms with E-state index in [2.05, 4.69) is 4.98 Å². The predicted molar refractivity (Wildman–Crippen MR) is 93.7 cm³/mol. The number of ether oxygens (including phenoxy) is 3. The number of hydrogen-bond donors (Lipinski definition) is 0. The second kappa shape index (κ2) is 6.83. The van der Waals surface area contributed by atoms with Gasteiger partial charge in [0.1, 0.15) is 12.3 Å². The van der Waals surface area contributed by atoms with Gasteiger partial charge in [0.2, 0.25) is 12.7 Å². The van der Waals surface area contributed by atoms with E-state index in [9.17, 15) is 9.59 Å². The molecule has 1 fully saturated rings. The Hall–Kier alpha value is -2.81. The van der Waals surface area contributed by atoms with Crippen LogP contribution in [-0.4, -0.2) is 54.2 Å². The van der Waals surface area contributed by atoms with Crippen LogP contribution in [0, 0.1) is 0 Å². The molecule has 2 aromatic rings. The van der Waals surface area contributed by atoms with E-state index in [1.807, 2.05) is 5.38 Å². The van der Waals surface area contributed by atoms with Crippen LogP contribution in [0.1, 0.15) is 6.92 Å². The molecule has 1 aromatic carbocycles. The third-order valence-corrected chi connectivity index (χ3v) is 4.98. The fraction of sp³-hybridized carbons (Fsp3) is 0.353. The summed E-state index contributed by atoms with van der Waals surface area (Å²) in [5.74, 6) is 1.39. The van der Waals surface area contributed by atoms with Gasteiger partial charge in [-0.05, 0) is 19.1 Å². The summed E-state index contributed by atoms with van der Waals surface area (Å²) in [6.07, 6.45) is 0.945. The maximum atomic E-state index is 12.6. The first kappa shape index (κ1) is 16.6. The van der Waals surface area contributed by atoms with Crippen molar-refractivity contribution in [2.24, 2.45) is 0 Å². The fourth-order valence-corrected chi connectivity index (χ4v) is 3.56. The van der Waals surface area contributed by atoms with Crippen LogP contribution in [0.25, 0.3) is 0 Å². The molecule has 0 radical (unpaired) electrons. The van der Waals surface area contributed by atoms with E-state index in [1.54, 1.807) is 36.2 Å². The number of carbonyl (C=O) groups is 2. The van der Waals surface area contributed by atoms with Gasteiger partial charge in [-0.2, -0.15) is 0 Å². The van der Waals surface area contributed by atoms with Crippen LogP contribution in [-0.2, 0) is 9.59 Å². The third kappa shape index (κ3) is 3.17. The Morgan fingerprint density at radius 2 is 2.15 bits per heavy atom. The first-order valence-electron chi connectivity index (χ1n) is 8.17. The molecule has 0 saturated carbocycles. The molecular weight excluding hydrogens is 358 g/mol. The Bertz CT molecular complexity index is 826. The lowest BCUT2D eigenvalue weighted by molar-refractivity contribution is -0.142. The summed E-state index contributed by atoms with van der Waals surface area (Å²) in [5, 5.41) is 2.48. The minimum Gasteiger partial charge on any atom is -0.481 e. The molecule has 0 N–H and O–H groups in total. The van der Waals surface area contributed by atoms with Gasteiger partial charge in [-0.1, -0.05) is 0 Å². The summed E-state index contributed by atoms with van der Waals surface area (Å²) in [6.45, 7) is 2.74. The van der Waals surface area contributed by atoms with Crippen LogP contribution < -0.4 is 19.1 Å². The van der Waals surface area contributed by atoms with Gasteiger partial charge < -0.3 is 19.1 Å². The van der Waals surface area contributed by atoms with E-state index in [0.717, 1.165) is 0 Å². The van der Waals surface area contributed by atoms with Crippen molar-refractivity contribution in [2.75, 3.05) is 31.3 Å². The van der Waals surface area contributed by atoms with Crippen LogP contribution in [0.2, 0.25) is 0 Å². The number of piperazine rings is 1. The first-order chi connectivity index (χ1) is 12.6. The van der Waals surface area contributed by atoms with Crippen LogP contribution in [0.15, 0.2) is 29.8 Å². The van der Waals surface area contributed by atoms with Gasteiger partial charge in [0, 0.05) is 30.7 Å². The van der Waals surface area contributed by atoms with Gasteiger partial charge in [-0.25, -0.2) is 4.98 Å². The Morgan fingerprint density at radius 3 is 2.92 bits per heavy atom. The van der Waals surface area contributed by atoms with Crippen LogP contribution in [0.3, 0.4) is 0 Å². The molecule has 1 unspecified atom stereocenters. The van der Waals surface area contributed by atoms with Crippen molar-refractivity contribution in [1.82, 2.24) is 9.88 Å². The molecule has 2 aliphatic rings. The molecule has 4 rings (SSSR count). The Morgan fingerprint density at radius 1 is 1.31 bits per heavy atom. The third-order valence-electron chi connectivity index (χ3n) is 4.19. The normalized spacial score (nSPS) is 17.3. The van der Waals surface area contributed by atoms with Crippen LogP contribution >= 0.6 is 11.3 Å². The van der Waals surface area contributed by atoms with Crippen molar-refractivity contribution in [3.05, 3.63) is 29.8 Å². The molecule has 0 aliphatic carbocycles. The van der Waals surface area contributed by atoms with E-state index in [1.165, 1.54) is 16.2 Å². The molecule has 1 aromatic heterocycles. The standard InChI is InChI=1S/C17H17N3O5S/c1-11(25-12-2-3-13-14(8-12)24-10-23-13)16(22)19-5-6-20(15(21)9-19)17-18-4-7-26-17/h2-4,7-8,11H,5-6,9-10H2,1H3. The number of rotatable bonds is 4. The minimum atomic E-state index is -0.713. The van der Waals surface area contributed by atoms with Crippen molar-refractivity contribution in [1.29, 1.82) is 0 Å². The van der Waals surface area contributed by atoms with Crippen molar-refractivity contribution in [2.45, 2.75) is 13.0 Å². The monoisotopic (exact) mass is 375 g/mol. The molecule has 2 amide bonds. The number of hydrogen-bond acceptors (Lipinski definition) is 7. The largest absolute Gasteiger partial charge is 0.481 e. The topological polar surface area (TPSA) is 81.2 Å².